The molecular weight excluding hydrogens is 599 g/mol. The van der Waals surface area contributed by atoms with Crippen LogP contribution in [-0.2, 0) is 33.9 Å². The maximum absolute atomic E-state index is 14.1. The summed E-state index contributed by atoms with van der Waals surface area (Å²) in [5.74, 6) is -2.97. The summed E-state index contributed by atoms with van der Waals surface area (Å²) in [5, 5.41) is 15.8. The third-order valence-corrected chi connectivity index (χ3v) is 10.8. The quantitative estimate of drug-likeness (QED) is 0.309. The standard InChI is InChI=1S/C29H45FN4O9S/c1-6-21-22(31-26(39)43-27(3,4)5)24(37)34-15-19(35)13-20(34)23(36)32-29(14-18(29)10-8-7-9-17(2)42-21)25(38)33-44(40,41)28(16-30)11-12-28/h8,10,17-22,35H,6-7,9,11-16H2,1-5H3,(H,31,39)(H,32,36)(H,33,38)/b10-8-/t17-,18?,19-,20+,21+,22+,29-/m1/s1. The van der Waals surface area contributed by atoms with E-state index in [4.69, 9.17) is 9.47 Å². The van der Waals surface area contributed by atoms with Crippen LogP contribution in [0.1, 0.15) is 79.6 Å². The molecule has 1 unspecified atom stereocenters. The highest BCUT2D eigenvalue weighted by Crippen LogP contribution is 2.47. The second-order valence-corrected chi connectivity index (χ2v) is 15.5. The fourth-order valence-electron chi connectivity index (χ4n) is 5.82. The first-order valence-corrected chi connectivity index (χ1v) is 16.7. The van der Waals surface area contributed by atoms with Gasteiger partial charge in [-0.3, -0.25) is 19.1 Å². The second kappa shape index (κ2) is 12.5. The zero-order chi connectivity index (χ0) is 32.7. The number of ether oxygens (including phenoxy) is 2. The molecule has 7 atom stereocenters. The summed E-state index contributed by atoms with van der Waals surface area (Å²) in [6.07, 6.45) is 1.98. The number of carbonyl (C=O) groups is 4. The highest BCUT2D eigenvalue weighted by Gasteiger charge is 2.64. The van der Waals surface area contributed by atoms with Crippen molar-refractivity contribution in [3.05, 3.63) is 12.2 Å². The van der Waals surface area contributed by atoms with Crippen LogP contribution in [0.5, 0.6) is 0 Å². The number of amides is 4. The summed E-state index contributed by atoms with van der Waals surface area (Å²) < 4.78 is 51.3. The van der Waals surface area contributed by atoms with E-state index in [2.05, 4.69) is 10.6 Å². The lowest BCUT2D eigenvalue weighted by atomic mass is 10.0. The number of halogens is 1. The van der Waals surface area contributed by atoms with Crippen molar-refractivity contribution in [3.63, 3.8) is 0 Å². The lowest BCUT2D eigenvalue weighted by Gasteiger charge is -2.34. The molecule has 248 valence electrons. The number of rotatable bonds is 6. The van der Waals surface area contributed by atoms with Gasteiger partial charge >= 0.3 is 6.09 Å². The van der Waals surface area contributed by atoms with Gasteiger partial charge in [-0.15, -0.1) is 0 Å². The number of allylic oxidation sites excluding steroid dienone is 1. The lowest BCUT2D eigenvalue weighted by molar-refractivity contribution is -0.145. The van der Waals surface area contributed by atoms with E-state index in [0.717, 1.165) is 4.90 Å². The molecule has 4 aliphatic rings. The monoisotopic (exact) mass is 644 g/mol. The minimum Gasteiger partial charge on any atom is -0.444 e. The van der Waals surface area contributed by atoms with Crippen molar-refractivity contribution in [2.45, 2.75) is 126 Å². The smallest absolute Gasteiger partial charge is 0.408 e. The Balaban J connectivity index is 1.65. The maximum Gasteiger partial charge on any atom is 0.408 e. The van der Waals surface area contributed by atoms with Crippen LogP contribution < -0.4 is 15.4 Å². The van der Waals surface area contributed by atoms with E-state index in [9.17, 15) is 37.1 Å². The van der Waals surface area contributed by atoms with E-state index in [1.165, 1.54) is 0 Å². The van der Waals surface area contributed by atoms with Crippen LogP contribution in [0.2, 0.25) is 0 Å². The fourth-order valence-corrected chi connectivity index (χ4v) is 7.25. The minimum absolute atomic E-state index is 0.0867. The van der Waals surface area contributed by atoms with E-state index in [1.807, 2.05) is 17.7 Å². The van der Waals surface area contributed by atoms with E-state index in [0.29, 0.717) is 19.3 Å². The molecule has 0 bridgehead atoms. The third kappa shape index (κ3) is 7.20. The number of hydrogen-bond acceptors (Lipinski definition) is 9. The Morgan fingerprint density at radius 3 is 2.55 bits per heavy atom. The molecule has 0 aromatic heterocycles. The highest BCUT2D eigenvalue weighted by atomic mass is 32.2. The maximum atomic E-state index is 14.1. The molecule has 0 radical (unpaired) electrons. The molecule has 4 N–H and O–H groups in total. The van der Waals surface area contributed by atoms with Crippen molar-refractivity contribution in [3.8, 4) is 0 Å². The molecule has 4 rings (SSSR count). The number of alkyl halides is 1. The van der Waals surface area contributed by atoms with Gasteiger partial charge in [0.05, 0.1) is 18.3 Å². The molecule has 2 saturated carbocycles. The van der Waals surface area contributed by atoms with Crippen molar-refractivity contribution in [1.29, 1.82) is 0 Å². The number of nitrogens with one attached hydrogen (secondary N) is 3. The predicted octanol–water partition coefficient (Wildman–Crippen LogP) is 1.20. The van der Waals surface area contributed by atoms with E-state index in [1.54, 1.807) is 33.8 Å². The number of nitrogens with zero attached hydrogens (tertiary/aromatic N) is 1. The van der Waals surface area contributed by atoms with Gasteiger partial charge in [-0.25, -0.2) is 17.6 Å². The van der Waals surface area contributed by atoms with Crippen LogP contribution in [0.4, 0.5) is 9.18 Å². The SMILES string of the molecule is CC[C@@H]1O[C@H](C)CC/C=C\C2C[C@@]2(C(=O)NS(=O)(=O)C2(CF)CC2)NC(=O)[C@@H]2C[C@@H](O)CN2C(=O)[C@H]1NC(=O)OC(C)(C)C. The number of aliphatic hydroxyl groups is 1. The number of sulfonamides is 1. The molecule has 2 aliphatic heterocycles. The van der Waals surface area contributed by atoms with Crippen molar-refractivity contribution < 1.29 is 46.6 Å². The molecule has 13 nitrogen and oxygen atoms in total. The summed E-state index contributed by atoms with van der Waals surface area (Å²) in [4.78, 5) is 55.2. The van der Waals surface area contributed by atoms with E-state index >= 15 is 0 Å². The first kappa shape index (κ1) is 34.1. The van der Waals surface area contributed by atoms with Crippen molar-refractivity contribution >= 4 is 33.8 Å². The molecule has 44 heavy (non-hydrogen) atoms. The average Bonchev–Trinajstić information content (AvgIpc) is 3.82. The number of fused-ring (bicyclic) bond motifs is 2. The molecule has 0 aromatic carbocycles. The second-order valence-electron chi connectivity index (χ2n) is 13.4. The highest BCUT2D eigenvalue weighted by molar-refractivity contribution is 7.91. The zero-order valence-electron chi connectivity index (χ0n) is 25.9. The van der Waals surface area contributed by atoms with Gasteiger partial charge in [0.15, 0.2) is 0 Å². The van der Waals surface area contributed by atoms with Crippen LogP contribution in [-0.4, -0.2) is 102 Å². The lowest BCUT2D eigenvalue weighted by Crippen LogP contribution is -2.60. The van der Waals surface area contributed by atoms with Gasteiger partial charge in [0.1, 0.15) is 34.6 Å². The van der Waals surface area contributed by atoms with Gasteiger partial charge < -0.3 is 30.1 Å². The Morgan fingerprint density at radius 2 is 1.95 bits per heavy atom. The van der Waals surface area contributed by atoms with Gasteiger partial charge in [-0.2, -0.15) is 0 Å². The van der Waals surface area contributed by atoms with Crippen LogP contribution in [0.25, 0.3) is 0 Å². The van der Waals surface area contributed by atoms with Crippen LogP contribution >= 0.6 is 0 Å². The Labute approximate surface area is 257 Å². The normalized spacial score (nSPS) is 34.8. The topological polar surface area (TPSA) is 180 Å². The fraction of sp³-hybridized carbons (Fsp3) is 0.793. The summed E-state index contributed by atoms with van der Waals surface area (Å²) in [5.41, 5.74) is -2.49. The summed E-state index contributed by atoms with van der Waals surface area (Å²) in [6.45, 7) is 7.30. The van der Waals surface area contributed by atoms with Crippen LogP contribution in [0.3, 0.4) is 0 Å². The number of alkyl carbamates (subject to hydrolysis) is 1. The first-order chi connectivity index (χ1) is 20.5. The van der Waals surface area contributed by atoms with Gasteiger partial charge in [0.25, 0.3) is 5.91 Å². The number of hydrogen-bond donors (Lipinski definition) is 4. The molecule has 0 spiro atoms. The minimum atomic E-state index is -4.35. The number of carbonyl (C=O) groups excluding carboxylic acids is 4. The molecule has 0 aromatic rings. The molecule has 4 amide bonds. The zero-order valence-corrected chi connectivity index (χ0v) is 26.7. The Morgan fingerprint density at radius 1 is 1.27 bits per heavy atom. The van der Waals surface area contributed by atoms with E-state index < -0.39 is 86.6 Å². The molecule has 2 aliphatic carbocycles. The predicted molar refractivity (Wildman–Crippen MR) is 156 cm³/mol. The molecular formula is C29H45FN4O9S. The van der Waals surface area contributed by atoms with Crippen molar-refractivity contribution in [2.24, 2.45) is 5.92 Å². The van der Waals surface area contributed by atoms with Gasteiger partial charge in [0.2, 0.25) is 21.8 Å². The molecule has 15 heteroatoms. The van der Waals surface area contributed by atoms with Gasteiger partial charge in [0, 0.05) is 18.9 Å². The van der Waals surface area contributed by atoms with E-state index in [-0.39, 0.29) is 38.3 Å². The average molecular weight is 645 g/mol. The largest absolute Gasteiger partial charge is 0.444 e. The summed E-state index contributed by atoms with van der Waals surface area (Å²) in [6, 6.07) is -2.49. The van der Waals surface area contributed by atoms with Gasteiger partial charge in [-0.05, 0) is 66.2 Å². The molecule has 3 fully saturated rings. The van der Waals surface area contributed by atoms with Crippen molar-refractivity contribution in [2.75, 3.05) is 13.2 Å². The molecule has 1 saturated heterocycles. The Hall–Kier alpha value is -2.78. The first-order valence-electron chi connectivity index (χ1n) is 15.2. The van der Waals surface area contributed by atoms with Crippen molar-refractivity contribution in [1.82, 2.24) is 20.3 Å². The summed E-state index contributed by atoms with van der Waals surface area (Å²) >= 11 is 0. The third-order valence-electron chi connectivity index (χ3n) is 8.71. The van der Waals surface area contributed by atoms with Crippen LogP contribution in [0, 0.1) is 5.92 Å². The summed E-state index contributed by atoms with van der Waals surface area (Å²) in [7, 11) is -4.35. The Kier molecular flexibility index (Phi) is 9.72. The van der Waals surface area contributed by atoms with Gasteiger partial charge in [-0.1, -0.05) is 19.1 Å². The Bertz CT molecular complexity index is 1280. The van der Waals surface area contributed by atoms with Crippen LogP contribution in [0.15, 0.2) is 12.2 Å². The number of aliphatic hydroxyl groups excluding tert-OH is 1. The molecule has 2 heterocycles.